The number of halogens is 2. The van der Waals surface area contributed by atoms with Crippen LogP contribution in [-0.2, 0) is 16.4 Å². The summed E-state index contributed by atoms with van der Waals surface area (Å²) in [5.74, 6) is -0.747. The molecule has 0 fully saturated rings. The van der Waals surface area contributed by atoms with Gasteiger partial charge in [-0.2, -0.15) is 0 Å². The van der Waals surface area contributed by atoms with Crippen LogP contribution in [0.3, 0.4) is 0 Å². The van der Waals surface area contributed by atoms with Crippen LogP contribution in [0.1, 0.15) is 5.56 Å². The molecule has 0 amide bonds. The lowest BCUT2D eigenvalue weighted by atomic mass is 10.2. The third-order valence-corrected chi connectivity index (χ3v) is 5.65. The number of benzene rings is 2. The van der Waals surface area contributed by atoms with Gasteiger partial charge in [0.2, 0.25) is 0 Å². The predicted molar refractivity (Wildman–Crippen MR) is 78.8 cm³/mol. The van der Waals surface area contributed by atoms with Crippen molar-refractivity contribution in [1.29, 1.82) is 0 Å². The Morgan fingerprint density at radius 2 is 1.90 bits per heavy atom. The van der Waals surface area contributed by atoms with E-state index in [9.17, 15) is 12.8 Å². The Morgan fingerprint density at radius 3 is 2.65 bits per heavy atom. The highest BCUT2D eigenvalue weighted by Crippen LogP contribution is 2.33. The van der Waals surface area contributed by atoms with Crippen LogP contribution in [0.4, 0.5) is 10.1 Å². The molecule has 20 heavy (non-hydrogen) atoms. The third kappa shape index (κ3) is 2.13. The number of sulfonamides is 1. The van der Waals surface area contributed by atoms with E-state index < -0.39 is 15.8 Å². The van der Waals surface area contributed by atoms with Crippen molar-refractivity contribution in [3.05, 3.63) is 58.3 Å². The molecule has 0 radical (unpaired) electrons. The lowest BCUT2D eigenvalue weighted by Gasteiger charge is -2.19. The molecule has 0 N–H and O–H groups in total. The Kier molecular flexibility index (Phi) is 3.30. The molecule has 2 aromatic rings. The fraction of sp³-hybridized carbons (Fsp3) is 0.143. The molecule has 104 valence electrons. The minimum atomic E-state index is -3.86. The van der Waals surface area contributed by atoms with Crippen LogP contribution >= 0.6 is 15.9 Å². The number of anilines is 1. The van der Waals surface area contributed by atoms with E-state index >= 15 is 0 Å². The summed E-state index contributed by atoms with van der Waals surface area (Å²) in [7, 11) is -3.86. The maximum absolute atomic E-state index is 13.9. The minimum Gasteiger partial charge on any atom is -0.266 e. The second kappa shape index (κ2) is 4.86. The average molecular weight is 356 g/mol. The van der Waals surface area contributed by atoms with Gasteiger partial charge in [-0.05, 0) is 36.2 Å². The molecule has 0 atom stereocenters. The normalized spacial score (nSPS) is 14.4. The van der Waals surface area contributed by atoms with Gasteiger partial charge in [-0.15, -0.1) is 0 Å². The zero-order chi connectivity index (χ0) is 14.3. The molecule has 6 heteroatoms. The smallest absolute Gasteiger partial charge is 0.266 e. The third-order valence-electron chi connectivity index (χ3n) is 3.31. The van der Waals surface area contributed by atoms with Gasteiger partial charge in [0.15, 0.2) is 0 Å². The van der Waals surface area contributed by atoms with E-state index in [4.69, 9.17) is 0 Å². The summed E-state index contributed by atoms with van der Waals surface area (Å²) in [6.07, 6.45) is 0.646. The first kappa shape index (κ1) is 13.6. The standard InChI is InChI=1S/C14H11BrFNO2S/c15-11-5-6-14(12(16)9-11)20(18,19)17-8-7-10-3-1-2-4-13(10)17/h1-6,9H,7-8H2. The van der Waals surface area contributed by atoms with Gasteiger partial charge in [-0.3, -0.25) is 4.31 Å². The predicted octanol–water partition coefficient (Wildman–Crippen LogP) is 3.34. The summed E-state index contributed by atoms with van der Waals surface area (Å²) >= 11 is 3.12. The van der Waals surface area contributed by atoms with Crippen LogP contribution in [0.15, 0.2) is 51.8 Å². The second-order valence-electron chi connectivity index (χ2n) is 4.53. The van der Waals surface area contributed by atoms with E-state index in [1.807, 2.05) is 12.1 Å². The van der Waals surface area contributed by atoms with Crippen LogP contribution in [0.2, 0.25) is 0 Å². The Labute approximate surface area is 125 Å². The van der Waals surface area contributed by atoms with E-state index in [-0.39, 0.29) is 4.90 Å². The fourth-order valence-electron chi connectivity index (χ4n) is 2.36. The van der Waals surface area contributed by atoms with Gasteiger partial charge < -0.3 is 0 Å². The van der Waals surface area contributed by atoms with Crippen molar-refractivity contribution in [1.82, 2.24) is 0 Å². The highest BCUT2D eigenvalue weighted by Gasteiger charge is 2.32. The van der Waals surface area contributed by atoms with Crippen LogP contribution < -0.4 is 4.31 Å². The molecule has 0 saturated carbocycles. The SMILES string of the molecule is O=S(=O)(c1ccc(Br)cc1F)N1CCc2ccccc21. The average Bonchev–Trinajstić information content (AvgIpc) is 2.82. The highest BCUT2D eigenvalue weighted by atomic mass is 79.9. The van der Waals surface area contributed by atoms with Crippen molar-refractivity contribution >= 4 is 31.6 Å². The molecule has 1 aliphatic heterocycles. The van der Waals surface area contributed by atoms with E-state index in [2.05, 4.69) is 15.9 Å². The monoisotopic (exact) mass is 355 g/mol. The van der Waals surface area contributed by atoms with Gasteiger partial charge in [-0.1, -0.05) is 34.1 Å². The summed E-state index contributed by atoms with van der Waals surface area (Å²) in [6.45, 7) is 0.344. The van der Waals surface area contributed by atoms with Crippen molar-refractivity contribution in [2.24, 2.45) is 0 Å². The lowest BCUT2D eigenvalue weighted by Crippen LogP contribution is -2.29. The summed E-state index contributed by atoms with van der Waals surface area (Å²) in [4.78, 5) is -0.294. The topological polar surface area (TPSA) is 37.4 Å². The zero-order valence-electron chi connectivity index (χ0n) is 10.4. The van der Waals surface area contributed by atoms with Gasteiger partial charge in [0, 0.05) is 11.0 Å². The van der Waals surface area contributed by atoms with Crippen LogP contribution in [0.5, 0.6) is 0 Å². The van der Waals surface area contributed by atoms with Crippen LogP contribution in [0.25, 0.3) is 0 Å². The molecule has 1 heterocycles. The van der Waals surface area contributed by atoms with Crippen LogP contribution in [0, 0.1) is 5.82 Å². The molecule has 1 aliphatic rings. The first-order valence-electron chi connectivity index (χ1n) is 6.06. The largest absolute Gasteiger partial charge is 0.267 e. The van der Waals surface area contributed by atoms with Crippen molar-refractivity contribution in [2.75, 3.05) is 10.8 Å². The summed E-state index contributed by atoms with van der Waals surface area (Å²) in [5, 5.41) is 0. The number of para-hydroxylation sites is 1. The molecule has 0 unspecified atom stereocenters. The van der Waals surface area contributed by atoms with E-state index in [1.54, 1.807) is 12.1 Å². The molecule has 0 aromatic heterocycles. The molecule has 0 aliphatic carbocycles. The van der Waals surface area contributed by atoms with E-state index in [1.165, 1.54) is 16.4 Å². The Hall–Kier alpha value is -1.40. The number of hydrogen-bond acceptors (Lipinski definition) is 2. The number of fused-ring (bicyclic) bond motifs is 1. The Bertz CT molecular complexity index is 776. The maximum atomic E-state index is 13.9. The van der Waals surface area contributed by atoms with Gasteiger partial charge in [0.25, 0.3) is 10.0 Å². The quantitative estimate of drug-likeness (QED) is 0.828. The minimum absolute atomic E-state index is 0.294. The van der Waals surface area contributed by atoms with Gasteiger partial charge in [0.05, 0.1) is 5.69 Å². The van der Waals surface area contributed by atoms with Crippen molar-refractivity contribution in [2.45, 2.75) is 11.3 Å². The summed E-state index contributed by atoms with van der Waals surface area (Å²) in [5.41, 5.74) is 1.60. The molecule has 0 spiro atoms. The highest BCUT2D eigenvalue weighted by molar-refractivity contribution is 9.10. The molecule has 0 bridgehead atoms. The van der Waals surface area contributed by atoms with Crippen molar-refractivity contribution in [3.63, 3.8) is 0 Å². The number of hydrogen-bond donors (Lipinski definition) is 0. The zero-order valence-corrected chi connectivity index (χ0v) is 12.8. The van der Waals surface area contributed by atoms with Crippen molar-refractivity contribution in [3.8, 4) is 0 Å². The molecule has 3 rings (SSSR count). The molecular formula is C14H11BrFNO2S. The van der Waals surface area contributed by atoms with Gasteiger partial charge >= 0.3 is 0 Å². The first-order valence-corrected chi connectivity index (χ1v) is 8.29. The molecule has 0 saturated heterocycles. The van der Waals surface area contributed by atoms with E-state index in [0.29, 0.717) is 23.1 Å². The van der Waals surface area contributed by atoms with Crippen LogP contribution in [-0.4, -0.2) is 15.0 Å². The van der Waals surface area contributed by atoms with E-state index in [0.717, 1.165) is 11.6 Å². The maximum Gasteiger partial charge on any atom is 0.267 e. The Morgan fingerprint density at radius 1 is 1.15 bits per heavy atom. The Balaban J connectivity index is 2.10. The molecule has 3 nitrogen and oxygen atoms in total. The number of nitrogens with zero attached hydrogens (tertiary/aromatic N) is 1. The number of rotatable bonds is 2. The summed E-state index contributed by atoms with van der Waals surface area (Å²) < 4.78 is 40.9. The summed E-state index contributed by atoms with van der Waals surface area (Å²) in [6, 6.07) is 11.3. The molecule has 2 aromatic carbocycles. The lowest BCUT2D eigenvalue weighted by molar-refractivity contribution is 0.564. The molecular weight excluding hydrogens is 345 g/mol. The van der Waals surface area contributed by atoms with Gasteiger partial charge in [0.1, 0.15) is 10.7 Å². The van der Waals surface area contributed by atoms with Gasteiger partial charge in [-0.25, -0.2) is 12.8 Å². The fourth-order valence-corrected chi connectivity index (χ4v) is 4.25. The van der Waals surface area contributed by atoms with Crippen molar-refractivity contribution < 1.29 is 12.8 Å². The second-order valence-corrected chi connectivity index (χ2v) is 7.28. The first-order chi connectivity index (χ1) is 9.50.